The zero-order chi connectivity index (χ0) is 19.5. The van der Waals surface area contributed by atoms with E-state index in [1.165, 1.54) is 16.7 Å². The third-order valence-corrected chi connectivity index (χ3v) is 6.94. The minimum absolute atomic E-state index is 0.0689. The van der Waals surface area contributed by atoms with E-state index in [1.54, 1.807) is 11.3 Å². The van der Waals surface area contributed by atoms with Crippen LogP contribution in [-0.4, -0.2) is 40.8 Å². The number of likely N-dealkylation sites (tertiary alicyclic amines) is 1. The second-order valence-corrected chi connectivity index (χ2v) is 8.66. The molecule has 0 N–H and O–H groups in total. The van der Waals surface area contributed by atoms with Crippen LogP contribution in [0, 0.1) is 0 Å². The van der Waals surface area contributed by atoms with Gasteiger partial charge < -0.3 is 4.90 Å². The first-order valence-corrected chi connectivity index (χ1v) is 10.9. The second-order valence-electron chi connectivity index (χ2n) is 7.59. The summed E-state index contributed by atoms with van der Waals surface area (Å²) in [6.07, 6.45) is 3.42. The standard InChI is InChI=1S/C23H27N3OS/c1-17(18-10-4-3-5-11-18)25(2)22(27)16-26-15-9-8-13-20(26)23-24-19-12-6-7-14-21(19)28-23/h3-7,10-12,14,17,20H,8-9,13,15-16H2,1-2H3/t17-,20-/m1/s1. The molecule has 2 atom stereocenters. The predicted octanol–water partition coefficient (Wildman–Crippen LogP) is 5.04. The molecule has 1 fully saturated rings. The van der Waals surface area contributed by atoms with Gasteiger partial charge in [0.05, 0.1) is 28.8 Å². The van der Waals surface area contributed by atoms with Crippen molar-refractivity contribution in [3.63, 3.8) is 0 Å². The molecule has 0 radical (unpaired) electrons. The second kappa shape index (κ2) is 8.41. The molecule has 0 spiro atoms. The summed E-state index contributed by atoms with van der Waals surface area (Å²) >= 11 is 1.77. The topological polar surface area (TPSA) is 36.4 Å². The van der Waals surface area contributed by atoms with E-state index in [4.69, 9.17) is 4.98 Å². The smallest absolute Gasteiger partial charge is 0.237 e. The zero-order valence-corrected chi connectivity index (χ0v) is 17.4. The van der Waals surface area contributed by atoms with Crippen molar-refractivity contribution >= 4 is 27.5 Å². The van der Waals surface area contributed by atoms with Crippen LogP contribution >= 0.6 is 11.3 Å². The Labute approximate surface area is 170 Å². The Morgan fingerprint density at radius 1 is 1.18 bits per heavy atom. The highest BCUT2D eigenvalue weighted by Crippen LogP contribution is 2.35. The molecule has 1 saturated heterocycles. The number of carbonyl (C=O) groups is 1. The fourth-order valence-corrected chi connectivity index (χ4v) is 5.09. The molecule has 2 heterocycles. The number of hydrogen-bond acceptors (Lipinski definition) is 4. The molecule has 3 aromatic rings. The Morgan fingerprint density at radius 3 is 2.71 bits per heavy atom. The average Bonchev–Trinajstić information content (AvgIpc) is 3.17. The molecule has 0 aliphatic carbocycles. The van der Waals surface area contributed by atoms with Crippen LogP contribution in [0.15, 0.2) is 54.6 Å². The molecule has 5 heteroatoms. The number of fused-ring (bicyclic) bond motifs is 1. The third kappa shape index (κ3) is 3.96. The first-order chi connectivity index (χ1) is 13.6. The van der Waals surface area contributed by atoms with Gasteiger partial charge in [0.25, 0.3) is 0 Å². The van der Waals surface area contributed by atoms with Crippen LogP contribution in [0.3, 0.4) is 0 Å². The van der Waals surface area contributed by atoms with E-state index < -0.39 is 0 Å². The number of likely N-dealkylation sites (N-methyl/N-ethyl adjacent to an activating group) is 1. The Bertz CT molecular complexity index is 906. The normalized spacial score (nSPS) is 18.9. The van der Waals surface area contributed by atoms with Crippen molar-refractivity contribution in [2.45, 2.75) is 38.3 Å². The lowest BCUT2D eigenvalue weighted by Gasteiger charge is -2.36. The molecule has 1 amide bonds. The molecule has 2 aromatic carbocycles. The monoisotopic (exact) mass is 393 g/mol. The van der Waals surface area contributed by atoms with Crippen LogP contribution in [-0.2, 0) is 4.79 Å². The van der Waals surface area contributed by atoms with Crippen molar-refractivity contribution in [1.82, 2.24) is 14.8 Å². The van der Waals surface area contributed by atoms with Gasteiger partial charge in [0.2, 0.25) is 5.91 Å². The van der Waals surface area contributed by atoms with Crippen molar-refractivity contribution in [3.05, 3.63) is 65.2 Å². The Morgan fingerprint density at radius 2 is 1.93 bits per heavy atom. The molecule has 1 aliphatic rings. The van der Waals surface area contributed by atoms with Gasteiger partial charge in [-0.05, 0) is 44.0 Å². The summed E-state index contributed by atoms with van der Waals surface area (Å²) in [5.41, 5.74) is 2.23. The molecule has 1 aliphatic heterocycles. The van der Waals surface area contributed by atoms with E-state index >= 15 is 0 Å². The summed E-state index contributed by atoms with van der Waals surface area (Å²) in [5.74, 6) is 0.171. The molecule has 4 rings (SSSR count). The molecule has 0 bridgehead atoms. The maximum atomic E-state index is 13.0. The SMILES string of the molecule is C[C@H](c1ccccc1)N(C)C(=O)CN1CCCC[C@@H]1c1nc2ccccc2s1. The largest absolute Gasteiger partial charge is 0.338 e. The number of amides is 1. The van der Waals surface area contributed by atoms with Gasteiger partial charge in [-0.1, -0.05) is 48.9 Å². The molecular formula is C23H27N3OS. The number of nitrogens with zero attached hydrogens (tertiary/aromatic N) is 3. The van der Waals surface area contributed by atoms with Gasteiger partial charge >= 0.3 is 0 Å². The zero-order valence-electron chi connectivity index (χ0n) is 16.5. The predicted molar refractivity (Wildman–Crippen MR) is 115 cm³/mol. The number of para-hydroxylation sites is 1. The number of rotatable bonds is 5. The maximum absolute atomic E-state index is 13.0. The summed E-state index contributed by atoms with van der Waals surface area (Å²) in [4.78, 5) is 22.1. The summed E-state index contributed by atoms with van der Waals surface area (Å²) in [5, 5.41) is 1.15. The lowest BCUT2D eigenvalue weighted by molar-refractivity contribution is -0.134. The average molecular weight is 394 g/mol. The van der Waals surface area contributed by atoms with E-state index in [0.717, 1.165) is 29.9 Å². The molecular weight excluding hydrogens is 366 g/mol. The molecule has 0 saturated carbocycles. The summed E-state index contributed by atoms with van der Waals surface area (Å²) in [7, 11) is 1.91. The van der Waals surface area contributed by atoms with Gasteiger partial charge in [-0.15, -0.1) is 11.3 Å². The van der Waals surface area contributed by atoms with Gasteiger partial charge in [0, 0.05) is 7.05 Å². The Hall–Kier alpha value is -2.24. The lowest BCUT2D eigenvalue weighted by Crippen LogP contribution is -2.43. The number of benzene rings is 2. The van der Waals surface area contributed by atoms with Gasteiger partial charge in [-0.3, -0.25) is 9.69 Å². The van der Waals surface area contributed by atoms with Crippen LogP contribution in [0.25, 0.3) is 10.2 Å². The van der Waals surface area contributed by atoms with Crippen molar-refractivity contribution in [1.29, 1.82) is 0 Å². The minimum atomic E-state index is 0.0689. The van der Waals surface area contributed by atoms with E-state index in [2.05, 4.69) is 42.2 Å². The van der Waals surface area contributed by atoms with Crippen LogP contribution in [0.2, 0.25) is 0 Å². The number of thiazole rings is 1. The number of carbonyl (C=O) groups excluding carboxylic acids is 1. The highest BCUT2D eigenvalue weighted by atomic mass is 32.1. The molecule has 28 heavy (non-hydrogen) atoms. The molecule has 0 unspecified atom stereocenters. The van der Waals surface area contributed by atoms with Crippen LogP contribution in [0.5, 0.6) is 0 Å². The number of aromatic nitrogens is 1. The highest BCUT2D eigenvalue weighted by molar-refractivity contribution is 7.18. The summed E-state index contributed by atoms with van der Waals surface area (Å²) in [6, 6.07) is 18.8. The number of hydrogen-bond donors (Lipinski definition) is 0. The van der Waals surface area contributed by atoms with Crippen molar-refractivity contribution < 1.29 is 4.79 Å². The van der Waals surface area contributed by atoms with Gasteiger partial charge in [0.1, 0.15) is 5.01 Å². The maximum Gasteiger partial charge on any atom is 0.237 e. The van der Waals surface area contributed by atoms with Crippen molar-refractivity contribution in [2.75, 3.05) is 20.1 Å². The van der Waals surface area contributed by atoms with Gasteiger partial charge in [-0.2, -0.15) is 0 Å². The summed E-state index contributed by atoms with van der Waals surface area (Å²) < 4.78 is 1.23. The Balaban J connectivity index is 1.49. The van der Waals surface area contributed by atoms with Crippen molar-refractivity contribution in [3.8, 4) is 0 Å². The van der Waals surface area contributed by atoms with Crippen LogP contribution in [0.4, 0.5) is 0 Å². The Kier molecular flexibility index (Phi) is 5.74. The molecule has 146 valence electrons. The molecule has 4 nitrogen and oxygen atoms in total. The van der Waals surface area contributed by atoms with Gasteiger partial charge in [0.15, 0.2) is 0 Å². The third-order valence-electron chi connectivity index (χ3n) is 5.80. The summed E-state index contributed by atoms with van der Waals surface area (Å²) in [6.45, 7) is 3.50. The van der Waals surface area contributed by atoms with Crippen LogP contribution in [0.1, 0.15) is 48.8 Å². The fraction of sp³-hybridized carbons (Fsp3) is 0.391. The number of piperidine rings is 1. The first kappa shape index (κ1) is 19.1. The van der Waals surface area contributed by atoms with E-state index in [-0.39, 0.29) is 18.0 Å². The van der Waals surface area contributed by atoms with E-state index in [0.29, 0.717) is 6.54 Å². The minimum Gasteiger partial charge on any atom is -0.338 e. The lowest BCUT2D eigenvalue weighted by atomic mass is 10.0. The highest BCUT2D eigenvalue weighted by Gasteiger charge is 2.29. The van der Waals surface area contributed by atoms with E-state index in [1.807, 2.05) is 36.2 Å². The quantitative estimate of drug-likeness (QED) is 0.609. The van der Waals surface area contributed by atoms with Crippen molar-refractivity contribution in [2.24, 2.45) is 0 Å². The van der Waals surface area contributed by atoms with Gasteiger partial charge in [-0.25, -0.2) is 4.98 Å². The fourth-order valence-electron chi connectivity index (χ4n) is 3.95. The molecule has 1 aromatic heterocycles. The van der Waals surface area contributed by atoms with E-state index in [9.17, 15) is 4.79 Å². The van der Waals surface area contributed by atoms with Crippen LogP contribution < -0.4 is 0 Å². The first-order valence-electron chi connectivity index (χ1n) is 10.0.